The number of hydrogen-bond donors (Lipinski definition) is 1. The molecule has 0 bridgehead atoms. The fourth-order valence-corrected chi connectivity index (χ4v) is 2.62. The summed E-state index contributed by atoms with van der Waals surface area (Å²) in [6.07, 6.45) is 0. The van der Waals surface area contributed by atoms with Gasteiger partial charge in [-0.25, -0.2) is 4.39 Å². The molecule has 0 amide bonds. The van der Waals surface area contributed by atoms with Crippen molar-refractivity contribution in [3.63, 3.8) is 0 Å². The van der Waals surface area contributed by atoms with Gasteiger partial charge >= 0.3 is 0 Å². The van der Waals surface area contributed by atoms with Crippen LogP contribution in [0.5, 0.6) is 0 Å². The molecular weight excluding hydrogens is 185 g/mol. The van der Waals surface area contributed by atoms with E-state index in [-0.39, 0.29) is 5.82 Å². The van der Waals surface area contributed by atoms with Gasteiger partial charge in [-0.15, -0.1) is 11.3 Å². The lowest BCUT2D eigenvalue weighted by molar-refractivity contribution is 0.630. The number of nitrogens with two attached hydrogens (primary N) is 1. The molecule has 0 saturated heterocycles. The predicted octanol–water partition coefficient (Wildman–Crippen LogP) is 2.81. The Bertz CT molecular complexity index is 447. The van der Waals surface area contributed by atoms with Crippen LogP contribution >= 0.6 is 11.3 Å². The first kappa shape index (κ1) is 8.66. The lowest BCUT2D eigenvalue weighted by Gasteiger charge is -1.95. The zero-order valence-corrected chi connectivity index (χ0v) is 8.12. The average Bonchev–Trinajstić information content (AvgIpc) is 2.39. The molecule has 0 aliphatic heterocycles. The second-order valence-electron chi connectivity index (χ2n) is 2.98. The van der Waals surface area contributed by atoms with Crippen molar-refractivity contribution in [2.24, 2.45) is 5.73 Å². The van der Waals surface area contributed by atoms with E-state index in [1.165, 1.54) is 10.9 Å². The first-order chi connectivity index (χ1) is 6.22. The Balaban J connectivity index is 2.79. The Morgan fingerprint density at radius 2 is 2.23 bits per heavy atom. The highest BCUT2D eigenvalue weighted by atomic mass is 32.1. The maximum Gasteiger partial charge on any atom is 0.124 e. The molecule has 13 heavy (non-hydrogen) atoms. The summed E-state index contributed by atoms with van der Waals surface area (Å²) >= 11 is 1.60. The van der Waals surface area contributed by atoms with Crippen LogP contribution in [0, 0.1) is 12.7 Å². The van der Waals surface area contributed by atoms with E-state index in [1.54, 1.807) is 23.5 Å². The lowest BCUT2D eigenvalue weighted by Crippen LogP contribution is -1.96. The van der Waals surface area contributed by atoms with Gasteiger partial charge in [-0.3, -0.25) is 0 Å². The largest absolute Gasteiger partial charge is 0.326 e. The van der Waals surface area contributed by atoms with Crippen molar-refractivity contribution in [2.45, 2.75) is 13.5 Å². The smallest absolute Gasteiger partial charge is 0.124 e. The zero-order valence-electron chi connectivity index (χ0n) is 7.30. The van der Waals surface area contributed by atoms with E-state index < -0.39 is 0 Å². The van der Waals surface area contributed by atoms with Gasteiger partial charge in [-0.2, -0.15) is 0 Å². The number of fused-ring (bicyclic) bond motifs is 1. The molecule has 2 aromatic rings. The van der Waals surface area contributed by atoms with E-state index in [0.29, 0.717) is 6.54 Å². The topological polar surface area (TPSA) is 26.0 Å². The van der Waals surface area contributed by atoms with E-state index in [0.717, 1.165) is 15.6 Å². The van der Waals surface area contributed by atoms with E-state index in [2.05, 4.69) is 0 Å². The van der Waals surface area contributed by atoms with Gasteiger partial charge in [0.25, 0.3) is 0 Å². The minimum absolute atomic E-state index is 0.183. The van der Waals surface area contributed by atoms with Crippen molar-refractivity contribution in [1.29, 1.82) is 0 Å². The molecule has 2 rings (SSSR count). The Morgan fingerprint density at radius 1 is 1.46 bits per heavy atom. The van der Waals surface area contributed by atoms with Crippen LogP contribution in [0.4, 0.5) is 4.39 Å². The quantitative estimate of drug-likeness (QED) is 0.744. The van der Waals surface area contributed by atoms with Crippen LogP contribution in [-0.2, 0) is 6.54 Å². The molecule has 3 heteroatoms. The van der Waals surface area contributed by atoms with Crippen molar-refractivity contribution in [1.82, 2.24) is 0 Å². The summed E-state index contributed by atoms with van der Waals surface area (Å²) in [4.78, 5) is 1.18. The molecular formula is C10H10FNS. The molecule has 1 aromatic carbocycles. The van der Waals surface area contributed by atoms with Crippen LogP contribution in [-0.4, -0.2) is 0 Å². The first-order valence-corrected chi connectivity index (χ1v) is 4.91. The fraction of sp³-hybridized carbons (Fsp3) is 0.200. The maximum atomic E-state index is 12.9. The molecule has 0 unspecified atom stereocenters. The van der Waals surface area contributed by atoms with Gasteiger partial charge in [0.15, 0.2) is 0 Å². The van der Waals surface area contributed by atoms with E-state index in [4.69, 9.17) is 5.73 Å². The van der Waals surface area contributed by atoms with E-state index >= 15 is 0 Å². The average molecular weight is 195 g/mol. The molecule has 0 radical (unpaired) electrons. The monoisotopic (exact) mass is 195 g/mol. The van der Waals surface area contributed by atoms with Gasteiger partial charge in [0.1, 0.15) is 5.82 Å². The van der Waals surface area contributed by atoms with Crippen molar-refractivity contribution < 1.29 is 4.39 Å². The fourth-order valence-electron chi connectivity index (χ4n) is 1.50. The summed E-state index contributed by atoms with van der Waals surface area (Å²) in [5, 5.41) is 1.09. The number of rotatable bonds is 1. The van der Waals surface area contributed by atoms with Crippen molar-refractivity contribution in [3.05, 3.63) is 34.5 Å². The first-order valence-electron chi connectivity index (χ1n) is 4.10. The van der Waals surface area contributed by atoms with Gasteiger partial charge in [-0.1, -0.05) is 6.07 Å². The summed E-state index contributed by atoms with van der Waals surface area (Å²) < 4.78 is 13.8. The SMILES string of the molecule is Cc1sc2cc(F)ccc2c1CN. The Labute approximate surface area is 80.0 Å². The number of hydrogen-bond acceptors (Lipinski definition) is 2. The van der Waals surface area contributed by atoms with Crippen molar-refractivity contribution in [2.75, 3.05) is 0 Å². The van der Waals surface area contributed by atoms with Crippen LogP contribution in [0.3, 0.4) is 0 Å². The highest BCUT2D eigenvalue weighted by Gasteiger charge is 2.07. The number of aryl methyl sites for hydroxylation is 1. The number of thiophene rings is 1. The molecule has 0 aliphatic rings. The predicted molar refractivity (Wildman–Crippen MR) is 54.4 cm³/mol. The minimum atomic E-state index is -0.183. The highest BCUT2D eigenvalue weighted by molar-refractivity contribution is 7.19. The van der Waals surface area contributed by atoms with Crippen LogP contribution in [0.15, 0.2) is 18.2 Å². The van der Waals surface area contributed by atoms with Gasteiger partial charge in [-0.05, 0) is 30.0 Å². The van der Waals surface area contributed by atoms with Crippen LogP contribution < -0.4 is 5.73 Å². The normalized spacial score (nSPS) is 11.0. The zero-order chi connectivity index (χ0) is 9.42. The molecule has 0 atom stereocenters. The van der Waals surface area contributed by atoms with Gasteiger partial charge < -0.3 is 5.73 Å². The third-order valence-electron chi connectivity index (χ3n) is 2.16. The van der Waals surface area contributed by atoms with Crippen LogP contribution in [0.25, 0.3) is 10.1 Å². The number of benzene rings is 1. The summed E-state index contributed by atoms with van der Waals surface area (Å²) in [5.74, 6) is -0.183. The Morgan fingerprint density at radius 3 is 2.92 bits per heavy atom. The standard InChI is InChI=1S/C10H10FNS/c1-6-9(5-12)8-3-2-7(11)4-10(8)13-6/h2-4H,5,12H2,1H3. The van der Waals surface area contributed by atoms with E-state index in [9.17, 15) is 4.39 Å². The molecule has 1 aromatic heterocycles. The molecule has 2 N–H and O–H groups in total. The third kappa shape index (κ3) is 1.34. The second kappa shape index (κ2) is 3.09. The molecule has 0 spiro atoms. The molecule has 1 nitrogen and oxygen atoms in total. The second-order valence-corrected chi connectivity index (χ2v) is 4.24. The lowest BCUT2D eigenvalue weighted by atomic mass is 10.1. The van der Waals surface area contributed by atoms with Gasteiger partial charge in [0.2, 0.25) is 0 Å². The molecule has 0 saturated carbocycles. The molecule has 0 fully saturated rings. The number of halogens is 1. The Kier molecular flexibility index (Phi) is 2.06. The molecule has 0 aliphatic carbocycles. The van der Waals surface area contributed by atoms with Gasteiger partial charge in [0.05, 0.1) is 0 Å². The molecule has 1 heterocycles. The highest BCUT2D eigenvalue weighted by Crippen LogP contribution is 2.30. The third-order valence-corrected chi connectivity index (χ3v) is 3.27. The van der Waals surface area contributed by atoms with Crippen LogP contribution in [0.1, 0.15) is 10.4 Å². The summed E-state index contributed by atoms with van der Waals surface area (Å²) in [7, 11) is 0. The summed E-state index contributed by atoms with van der Waals surface area (Å²) in [5.41, 5.74) is 6.75. The summed E-state index contributed by atoms with van der Waals surface area (Å²) in [6, 6.07) is 4.84. The van der Waals surface area contributed by atoms with Gasteiger partial charge in [0, 0.05) is 16.1 Å². The minimum Gasteiger partial charge on any atom is -0.326 e. The molecule has 68 valence electrons. The Hall–Kier alpha value is -0.930. The summed E-state index contributed by atoms with van der Waals surface area (Å²) in [6.45, 7) is 2.54. The van der Waals surface area contributed by atoms with Crippen molar-refractivity contribution >= 4 is 21.4 Å². The maximum absolute atomic E-state index is 12.9. The van der Waals surface area contributed by atoms with Crippen molar-refractivity contribution in [3.8, 4) is 0 Å². The van der Waals surface area contributed by atoms with E-state index in [1.807, 2.05) is 6.92 Å². The van der Waals surface area contributed by atoms with Crippen LogP contribution in [0.2, 0.25) is 0 Å².